The molecular weight excluding hydrogens is 574 g/mol. The second kappa shape index (κ2) is 13.0. The molecule has 0 spiro atoms. The molecule has 0 bridgehead atoms. The van der Waals surface area contributed by atoms with Gasteiger partial charge in [0.05, 0.1) is 47.5 Å². The number of hydrogen-bond donors (Lipinski definition) is 0. The van der Waals surface area contributed by atoms with Gasteiger partial charge in [-0.2, -0.15) is 18.3 Å². The predicted molar refractivity (Wildman–Crippen MR) is 139 cm³/mol. The van der Waals surface area contributed by atoms with E-state index in [4.69, 9.17) is 0 Å². The van der Waals surface area contributed by atoms with Crippen molar-refractivity contribution in [3.63, 3.8) is 0 Å². The van der Waals surface area contributed by atoms with Crippen LogP contribution in [0.4, 0.5) is 17.6 Å². The largest absolute Gasteiger partial charge is 0.469 e. The number of rotatable bonds is 7. The molecule has 1 aliphatic rings. The topological polar surface area (TPSA) is 98.6 Å². The van der Waals surface area contributed by atoms with Gasteiger partial charge in [0.2, 0.25) is 10.0 Å². The summed E-state index contributed by atoms with van der Waals surface area (Å²) < 4.78 is 96.4. The molecule has 1 heterocycles. The molecule has 2 aromatic carbocycles. The van der Waals surface area contributed by atoms with Crippen LogP contribution in [0.25, 0.3) is 0 Å². The molecule has 0 saturated carbocycles. The molecular formula is C26H29F4N3O5S2. The number of esters is 1. The van der Waals surface area contributed by atoms with Crippen LogP contribution in [0.3, 0.4) is 0 Å². The number of fused-ring (bicyclic) bond motifs is 1. The molecule has 0 fully saturated rings. The van der Waals surface area contributed by atoms with Gasteiger partial charge in [-0.1, -0.05) is 0 Å². The lowest BCUT2D eigenvalue weighted by atomic mass is 9.98. The summed E-state index contributed by atoms with van der Waals surface area (Å²) in [6, 6.07) is 6.37. The summed E-state index contributed by atoms with van der Waals surface area (Å²) in [5.74, 6) is -0.768. The molecule has 1 unspecified atom stereocenters. The first-order chi connectivity index (χ1) is 18.7. The Hall–Kier alpha value is -3.10. The Morgan fingerprint density at radius 1 is 1.07 bits per heavy atom. The Balaban J connectivity index is 0.000000249. The highest BCUT2D eigenvalue weighted by Crippen LogP contribution is 2.34. The van der Waals surface area contributed by atoms with E-state index in [1.807, 2.05) is 10.9 Å². The maximum atomic E-state index is 13.1. The van der Waals surface area contributed by atoms with Crippen LogP contribution in [0.1, 0.15) is 36.1 Å². The quantitative estimate of drug-likeness (QED) is 0.290. The van der Waals surface area contributed by atoms with Crippen LogP contribution >= 0.6 is 0 Å². The number of aromatic nitrogens is 2. The molecule has 1 aromatic heterocycles. The first kappa shape index (κ1) is 31.4. The monoisotopic (exact) mass is 603 g/mol. The summed E-state index contributed by atoms with van der Waals surface area (Å²) in [5.41, 5.74) is 1.43. The molecule has 1 aliphatic carbocycles. The number of carbonyl (C=O) groups is 1. The van der Waals surface area contributed by atoms with E-state index in [1.165, 1.54) is 45.3 Å². The van der Waals surface area contributed by atoms with E-state index in [1.54, 1.807) is 0 Å². The lowest BCUT2D eigenvalue weighted by molar-refractivity contribution is -0.141. The Morgan fingerprint density at radius 2 is 1.73 bits per heavy atom. The molecule has 0 radical (unpaired) electrons. The second-order valence-electron chi connectivity index (χ2n) is 9.07. The SMILES string of the molecule is CN(C)S(=O)(=O)c1cc(S(=O)c2ccc(F)cc2)cc(C(F)(F)F)c1.COC(=O)CCn1ncc2c1CCCC2. The van der Waals surface area contributed by atoms with Crippen LogP contribution in [0, 0.1) is 5.82 Å². The van der Waals surface area contributed by atoms with Crippen molar-refractivity contribution in [2.75, 3.05) is 21.2 Å². The fourth-order valence-corrected chi connectivity index (χ4v) is 6.12. The summed E-state index contributed by atoms with van der Waals surface area (Å²) in [6.45, 7) is 0.641. The smallest absolute Gasteiger partial charge is 0.416 e. The van der Waals surface area contributed by atoms with Crippen molar-refractivity contribution in [2.24, 2.45) is 0 Å². The molecule has 0 aliphatic heterocycles. The molecule has 0 N–H and O–H groups in total. The van der Waals surface area contributed by atoms with Crippen LogP contribution in [0.15, 0.2) is 63.3 Å². The second-order valence-corrected chi connectivity index (χ2v) is 12.7. The molecule has 8 nitrogen and oxygen atoms in total. The third-order valence-electron chi connectivity index (χ3n) is 6.13. The van der Waals surface area contributed by atoms with Gasteiger partial charge < -0.3 is 4.74 Å². The molecule has 0 amide bonds. The molecule has 218 valence electrons. The van der Waals surface area contributed by atoms with Crippen LogP contribution in [-0.2, 0) is 55.9 Å². The molecule has 4 rings (SSSR count). The van der Waals surface area contributed by atoms with Gasteiger partial charge in [0.25, 0.3) is 0 Å². The summed E-state index contributed by atoms with van der Waals surface area (Å²) in [5, 5.41) is 4.31. The normalized spacial score (nSPS) is 14.2. The fraction of sp³-hybridized carbons (Fsp3) is 0.385. The Morgan fingerprint density at radius 3 is 2.33 bits per heavy atom. The first-order valence-electron chi connectivity index (χ1n) is 12.2. The summed E-state index contributed by atoms with van der Waals surface area (Å²) in [7, 11) is -2.51. The number of hydrogen-bond acceptors (Lipinski definition) is 6. The Labute approximate surface area is 232 Å². The summed E-state index contributed by atoms with van der Waals surface area (Å²) in [4.78, 5) is 10.1. The highest BCUT2D eigenvalue weighted by Gasteiger charge is 2.33. The van der Waals surface area contributed by atoms with Crippen molar-refractivity contribution in [1.82, 2.24) is 14.1 Å². The summed E-state index contributed by atoms with van der Waals surface area (Å²) >= 11 is 0. The third kappa shape index (κ3) is 7.76. The molecule has 3 aromatic rings. The van der Waals surface area contributed by atoms with Gasteiger partial charge in [-0.25, -0.2) is 21.3 Å². The molecule has 14 heteroatoms. The van der Waals surface area contributed by atoms with Gasteiger partial charge in [-0.15, -0.1) is 0 Å². The van der Waals surface area contributed by atoms with E-state index < -0.39 is 43.3 Å². The number of halogens is 4. The lowest BCUT2D eigenvalue weighted by Gasteiger charge is -2.15. The average Bonchev–Trinajstić information content (AvgIpc) is 3.34. The first-order valence-corrected chi connectivity index (χ1v) is 14.8. The summed E-state index contributed by atoms with van der Waals surface area (Å²) in [6.07, 6.45) is 2.24. The maximum absolute atomic E-state index is 13.1. The van der Waals surface area contributed by atoms with Gasteiger partial charge in [-0.05, 0) is 73.7 Å². The Kier molecular flexibility index (Phi) is 10.2. The zero-order valence-corrected chi connectivity index (χ0v) is 23.7. The minimum Gasteiger partial charge on any atom is -0.469 e. The third-order valence-corrected chi connectivity index (χ3v) is 9.29. The molecule has 1 atom stereocenters. The van der Waals surface area contributed by atoms with Gasteiger partial charge in [0.15, 0.2) is 0 Å². The molecule has 40 heavy (non-hydrogen) atoms. The standard InChI is InChI=1S/C15H13F4NO3S2.C11H16N2O2/c1-20(2)25(22,23)14-8-10(15(17,18)19)7-13(9-14)24(21)12-5-3-11(16)4-6-12;1-15-11(14)6-7-13-10-5-3-2-4-9(10)8-12-13/h3-9H,1-2H3;8H,2-7H2,1H3. The van der Waals surface area contributed by atoms with Gasteiger partial charge in [0.1, 0.15) is 5.82 Å². The van der Waals surface area contributed by atoms with Crippen molar-refractivity contribution in [2.45, 2.75) is 59.5 Å². The minimum absolute atomic E-state index is 0.0499. The van der Waals surface area contributed by atoms with E-state index in [2.05, 4.69) is 9.84 Å². The van der Waals surface area contributed by atoms with E-state index in [9.17, 15) is 35.0 Å². The number of carbonyl (C=O) groups excluding carboxylic acids is 1. The maximum Gasteiger partial charge on any atom is 0.416 e. The van der Waals surface area contributed by atoms with Crippen LogP contribution in [0.5, 0.6) is 0 Å². The number of aryl methyl sites for hydroxylation is 2. The highest BCUT2D eigenvalue weighted by atomic mass is 32.2. The number of alkyl halides is 3. The predicted octanol–water partition coefficient (Wildman–Crippen LogP) is 4.59. The minimum atomic E-state index is -4.82. The van der Waals surface area contributed by atoms with Crippen molar-refractivity contribution >= 4 is 26.8 Å². The van der Waals surface area contributed by atoms with E-state index in [-0.39, 0.29) is 15.8 Å². The van der Waals surface area contributed by atoms with Crippen LogP contribution in [-0.4, -0.2) is 53.9 Å². The van der Waals surface area contributed by atoms with Crippen molar-refractivity contribution in [1.29, 1.82) is 0 Å². The zero-order valence-electron chi connectivity index (χ0n) is 22.1. The van der Waals surface area contributed by atoms with Crippen molar-refractivity contribution in [3.8, 4) is 0 Å². The number of nitrogens with zero attached hydrogens (tertiary/aromatic N) is 3. The van der Waals surface area contributed by atoms with Crippen LogP contribution < -0.4 is 0 Å². The number of sulfonamides is 1. The van der Waals surface area contributed by atoms with Crippen LogP contribution in [0.2, 0.25) is 0 Å². The number of benzene rings is 2. The van der Waals surface area contributed by atoms with E-state index >= 15 is 0 Å². The number of ether oxygens (including phenoxy) is 1. The lowest BCUT2D eigenvalue weighted by Crippen LogP contribution is -2.23. The Bertz CT molecular complexity index is 1470. The average molecular weight is 604 g/mol. The molecule has 0 saturated heterocycles. The van der Waals surface area contributed by atoms with Gasteiger partial charge in [-0.3, -0.25) is 9.48 Å². The van der Waals surface area contributed by atoms with Crippen molar-refractivity contribution in [3.05, 3.63) is 71.3 Å². The number of methoxy groups -OCH3 is 1. The fourth-order valence-electron chi connectivity index (χ4n) is 3.94. The highest BCUT2D eigenvalue weighted by molar-refractivity contribution is 7.89. The van der Waals surface area contributed by atoms with Gasteiger partial charge >= 0.3 is 12.1 Å². The van der Waals surface area contributed by atoms with E-state index in [0.29, 0.717) is 25.1 Å². The van der Waals surface area contributed by atoms with Crippen molar-refractivity contribution < 1.29 is 39.7 Å². The van der Waals surface area contributed by atoms with E-state index in [0.717, 1.165) is 47.5 Å². The zero-order chi connectivity index (χ0) is 29.7. The van der Waals surface area contributed by atoms with Gasteiger partial charge in [0, 0.05) is 29.6 Å².